The number of nitrogens with two attached hydrogens (primary N) is 1. The number of hydrogen-bond donors (Lipinski definition) is 3. The molecule has 0 aromatic carbocycles. The minimum absolute atomic E-state index is 0. The fourth-order valence-electron chi connectivity index (χ4n) is 0.575. The highest BCUT2D eigenvalue weighted by Gasteiger charge is 1.95. The van der Waals surface area contributed by atoms with E-state index in [9.17, 15) is 4.57 Å². The second-order valence-electron chi connectivity index (χ2n) is 2.26. The molecule has 4 nitrogen and oxygen atoms in total. The molecule has 2 atom stereocenters. The smallest absolute Gasteiger partial charge is 0.189 e. The van der Waals surface area contributed by atoms with Crippen LogP contribution in [-0.2, 0) is 4.57 Å². The second kappa shape index (κ2) is 7.22. The molecule has 0 aliphatic carbocycles. The predicted molar refractivity (Wildman–Crippen MR) is 44.0 cm³/mol. The van der Waals surface area contributed by atoms with Crippen LogP contribution < -0.4 is 11.9 Å². The van der Waals surface area contributed by atoms with Crippen molar-refractivity contribution in [2.45, 2.75) is 25.8 Å². The Balaban J connectivity index is 0. The maximum atomic E-state index is 10.1. The molecule has 6 N–H and O–H groups in total. The van der Waals surface area contributed by atoms with Crippen LogP contribution in [0, 0.1) is 0 Å². The van der Waals surface area contributed by atoms with Crippen LogP contribution >= 0.6 is 8.03 Å². The van der Waals surface area contributed by atoms with Crippen molar-refractivity contribution in [2.24, 2.45) is 5.73 Å². The lowest BCUT2D eigenvalue weighted by molar-refractivity contribution is 0.498. The van der Waals surface area contributed by atoms with Gasteiger partial charge in [0.2, 0.25) is 0 Å². The van der Waals surface area contributed by atoms with Gasteiger partial charge in [0.05, 0.1) is 0 Å². The molecule has 0 spiro atoms. The average molecular weight is 168 g/mol. The first-order chi connectivity index (χ1) is 4.13. The molecule has 0 aliphatic rings. The van der Waals surface area contributed by atoms with Gasteiger partial charge in [-0.3, -0.25) is 4.57 Å². The zero-order chi connectivity index (χ0) is 7.28. The molecule has 0 heterocycles. The van der Waals surface area contributed by atoms with Gasteiger partial charge in [0.1, 0.15) is 0 Å². The van der Waals surface area contributed by atoms with Crippen molar-refractivity contribution in [3.63, 3.8) is 0 Å². The first-order valence-corrected chi connectivity index (χ1v) is 4.66. The van der Waals surface area contributed by atoms with Gasteiger partial charge < -0.3 is 16.8 Å². The molecule has 0 aromatic rings. The van der Waals surface area contributed by atoms with Crippen molar-refractivity contribution in [3.05, 3.63) is 0 Å². The van der Waals surface area contributed by atoms with Crippen LogP contribution in [0.4, 0.5) is 0 Å². The van der Waals surface area contributed by atoms with Gasteiger partial charge in [0.25, 0.3) is 0 Å². The molecule has 0 fully saturated rings. The zero-order valence-electron chi connectivity index (χ0n) is 6.34. The van der Waals surface area contributed by atoms with Crippen LogP contribution in [0.3, 0.4) is 0 Å². The molecule has 5 heteroatoms. The van der Waals surface area contributed by atoms with E-state index in [1.165, 1.54) is 0 Å². The van der Waals surface area contributed by atoms with Crippen LogP contribution in [0.25, 0.3) is 0 Å². The Morgan fingerprint density at radius 1 is 1.70 bits per heavy atom. The third-order valence-corrected chi connectivity index (χ3v) is 1.83. The lowest BCUT2D eigenvalue weighted by Gasteiger charge is -2.00. The Hall–Kier alpha value is 0.110. The first kappa shape index (κ1) is 12.8. The lowest BCUT2D eigenvalue weighted by atomic mass is 10.2. The highest BCUT2D eigenvalue weighted by atomic mass is 31.1. The van der Waals surface area contributed by atoms with Gasteiger partial charge in [0.15, 0.2) is 8.03 Å². The van der Waals surface area contributed by atoms with E-state index < -0.39 is 8.03 Å². The molecule has 0 aromatic heterocycles. The largest absolute Gasteiger partial charge is 0.346 e. The van der Waals surface area contributed by atoms with Crippen molar-refractivity contribution < 1.29 is 9.46 Å². The molecule has 0 bridgehead atoms. The van der Waals surface area contributed by atoms with Gasteiger partial charge in [-0.25, -0.2) is 0 Å². The van der Waals surface area contributed by atoms with Crippen LogP contribution in [0.2, 0.25) is 0 Å². The number of rotatable bonds is 4. The second-order valence-corrected chi connectivity index (χ2v) is 3.55. The summed E-state index contributed by atoms with van der Waals surface area (Å²) in [6, 6.07) is 0.159. The van der Waals surface area contributed by atoms with Gasteiger partial charge in [-0.15, -0.1) is 0 Å². The highest BCUT2D eigenvalue weighted by Crippen LogP contribution is 2.14. The molecule has 0 aliphatic heterocycles. The minimum Gasteiger partial charge on any atom is -0.346 e. The Labute approximate surface area is 62.3 Å². The van der Waals surface area contributed by atoms with Crippen molar-refractivity contribution in [1.29, 1.82) is 0 Å². The summed E-state index contributed by atoms with van der Waals surface area (Å²) < 4.78 is 10.1. The van der Waals surface area contributed by atoms with E-state index in [0.29, 0.717) is 6.16 Å². The van der Waals surface area contributed by atoms with E-state index in [1.807, 2.05) is 6.92 Å². The van der Waals surface area contributed by atoms with Crippen molar-refractivity contribution in [3.8, 4) is 0 Å². The van der Waals surface area contributed by atoms with E-state index in [-0.39, 0.29) is 12.2 Å². The number of hydrogen-bond acceptors (Lipinski definition) is 3. The van der Waals surface area contributed by atoms with Gasteiger partial charge in [-0.2, -0.15) is 0 Å². The normalized spacial score (nSPS) is 15.5. The quantitative estimate of drug-likeness (QED) is 0.539. The lowest BCUT2D eigenvalue weighted by Crippen LogP contribution is -2.14. The summed E-state index contributed by atoms with van der Waals surface area (Å²) in [6.45, 7) is 1.90. The topological polar surface area (TPSA) is 98.3 Å². The molecule has 0 saturated carbocycles. The SMILES string of the molecule is CC(N)CCC[PH](=O)O.N. The molecule has 2 unspecified atom stereocenters. The van der Waals surface area contributed by atoms with Gasteiger partial charge >= 0.3 is 0 Å². The fraction of sp³-hybridized carbons (Fsp3) is 1.00. The van der Waals surface area contributed by atoms with Crippen molar-refractivity contribution in [2.75, 3.05) is 6.16 Å². The molecule has 0 radical (unpaired) electrons. The Morgan fingerprint density at radius 2 is 2.20 bits per heavy atom. The fourth-order valence-corrected chi connectivity index (χ4v) is 1.08. The summed E-state index contributed by atoms with van der Waals surface area (Å²) in [6.07, 6.45) is 2.04. The van der Waals surface area contributed by atoms with Crippen LogP contribution in [0.5, 0.6) is 0 Å². The summed E-state index contributed by atoms with van der Waals surface area (Å²) in [7, 11) is -2.24. The van der Waals surface area contributed by atoms with E-state index >= 15 is 0 Å². The first-order valence-electron chi connectivity index (χ1n) is 3.10. The average Bonchev–Trinajstić information content (AvgIpc) is 1.63. The maximum absolute atomic E-state index is 10.1. The summed E-state index contributed by atoms with van der Waals surface area (Å²) in [5.41, 5.74) is 5.41. The summed E-state index contributed by atoms with van der Waals surface area (Å²) in [5.74, 6) is 0. The van der Waals surface area contributed by atoms with Crippen LogP contribution in [-0.4, -0.2) is 17.1 Å². The molecule has 64 valence electrons. The zero-order valence-corrected chi connectivity index (χ0v) is 7.34. The minimum atomic E-state index is -2.24. The molecule has 10 heavy (non-hydrogen) atoms. The van der Waals surface area contributed by atoms with E-state index in [0.717, 1.165) is 12.8 Å². The van der Waals surface area contributed by atoms with E-state index in [4.69, 9.17) is 10.6 Å². The third-order valence-electron chi connectivity index (χ3n) is 1.05. The van der Waals surface area contributed by atoms with Gasteiger partial charge in [0, 0.05) is 12.2 Å². The summed E-state index contributed by atoms with van der Waals surface area (Å²) in [4.78, 5) is 8.37. The van der Waals surface area contributed by atoms with Crippen LogP contribution in [0.1, 0.15) is 19.8 Å². The summed E-state index contributed by atoms with van der Waals surface area (Å²) in [5, 5.41) is 0. The maximum Gasteiger partial charge on any atom is 0.189 e. The Morgan fingerprint density at radius 3 is 2.50 bits per heavy atom. The summed E-state index contributed by atoms with van der Waals surface area (Å²) >= 11 is 0. The molecular weight excluding hydrogens is 151 g/mol. The van der Waals surface area contributed by atoms with Gasteiger partial charge in [-0.05, 0) is 19.8 Å². The van der Waals surface area contributed by atoms with E-state index in [1.54, 1.807) is 0 Å². The Bertz CT molecular complexity index is 97.6. The van der Waals surface area contributed by atoms with Crippen molar-refractivity contribution in [1.82, 2.24) is 6.15 Å². The molecule has 0 amide bonds. The standard InChI is InChI=1S/C5H14NO2P.H3N/c1-5(6)3-2-4-9(7)8;/h5,9H,2-4,6H2,1H3,(H,7,8);1H3. The highest BCUT2D eigenvalue weighted by molar-refractivity contribution is 7.37. The third kappa shape index (κ3) is 11.0. The molecule has 0 saturated heterocycles. The van der Waals surface area contributed by atoms with E-state index in [2.05, 4.69) is 0 Å². The van der Waals surface area contributed by atoms with Gasteiger partial charge in [-0.1, -0.05) is 0 Å². The molecule has 0 rings (SSSR count). The predicted octanol–water partition coefficient (Wildman–Crippen LogP) is 0.743. The Kier molecular flexibility index (Phi) is 9.21. The van der Waals surface area contributed by atoms with Crippen molar-refractivity contribution >= 4 is 8.03 Å². The van der Waals surface area contributed by atoms with Crippen LogP contribution in [0.15, 0.2) is 0 Å². The monoisotopic (exact) mass is 168 g/mol. The molecular formula is C5H17N2O2P.